The number of carbonyl (C=O) groups is 2. The predicted molar refractivity (Wildman–Crippen MR) is 108 cm³/mol. The van der Waals surface area contributed by atoms with E-state index in [4.69, 9.17) is 5.21 Å². The number of hydrogen-bond donors (Lipinski definition) is 2. The van der Waals surface area contributed by atoms with Crippen LogP contribution in [0.5, 0.6) is 0 Å². The Morgan fingerprint density at radius 3 is 2.63 bits per heavy atom. The van der Waals surface area contributed by atoms with E-state index in [1.165, 1.54) is 6.07 Å². The summed E-state index contributed by atoms with van der Waals surface area (Å²) in [6, 6.07) is 3.54. The van der Waals surface area contributed by atoms with Crippen LogP contribution in [0.3, 0.4) is 0 Å². The second kappa shape index (κ2) is 7.31. The smallest absolute Gasteiger partial charge is 0.274 e. The largest absolute Gasteiger partial charge is 0.333 e. The fourth-order valence-corrected chi connectivity index (χ4v) is 6.14. The molecule has 3 heterocycles. The second-order valence-corrected chi connectivity index (χ2v) is 9.65. The van der Waals surface area contributed by atoms with E-state index in [0.717, 1.165) is 57.1 Å². The fourth-order valence-electron chi connectivity index (χ4n) is 6.14. The van der Waals surface area contributed by atoms with Gasteiger partial charge >= 0.3 is 0 Å². The van der Waals surface area contributed by atoms with Gasteiger partial charge in [0.1, 0.15) is 5.82 Å². The van der Waals surface area contributed by atoms with E-state index < -0.39 is 5.91 Å². The highest BCUT2D eigenvalue weighted by Crippen LogP contribution is 2.49. The molecule has 0 spiro atoms. The Morgan fingerprint density at radius 2 is 2.00 bits per heavy atom. The number of halogens is 1. The summed E-state index contributed by atoms with van der Waals surface area (Å²) in [5.74, 6) is -0.510. The Hall–Kier alpha value is -1.99. The van der Waals surface area contributed by atoms with Crippen molar-refractivity contribution >= 4 is 11.8 Å². The molecule has 5 aliphatic rings. The molecule has 2 aliphatic carbocycles. The zero-order valence-corrected chi connectivity index (χ0v) is 17.5. The number of hydroxylamine groups is 1. The van der Waals surface area contributed by atoms with E-state index in [9.17, 15) is 14.0 Å². The number of nitrogens with zero attached hydrogens (tertiary/aromatic N) is 2. The summed E-state index contributed by atoms with van der Waals surface area (Å²) in [4.78, 5) is 29.6. The van der Waals surface area contributed by atoms with E-state index in [0.29, 0.717) is 30.5 Å². The number of piperidine rings is 2. The lowest BCUT2D eigenvalue weighted by atomic mass is 9.69. The quantitative estimate of drug-likeness (QED) is 0.573. The molecule has 162 valence electrons. The summed E-state index contributed by atoms with van der Waals surface area (Å²) in [7, 11) is 0. The van der Waals surface area contributed by atoms with Gasteiger partial charge in [0.15, 0.2) is 0 Å². The number of rotatable bonds is 5. The zero-order valence-electron chi connectivity index (χ0n) is 17.5. The van der Waals surface area contributed by atoms with Gasteiger partial charge in [-0.25, -0.2) is 9.87 Å². The van der Waals surface area contributed by atoms with E-state index in [1.54, 1.807) is 11.5 Å². The highest BCUT2D eigenvalue weighted by Gasteiger charge is 2.56. The molecule has 30 heavy (non-hydrogen) atoms. The molecule has 1 atom stereocenters. The van der Waals surface area contributed by atoms with Crippen LogP contribution in [0.15, 0.2) is 12.1 Å². The van der Waals surface area contributed by atoms with Crippen molar-refractivity contribution in [2.24, 2.45) is 5.92 Å². The van der Waals surface area contributed by atoms with Crippen molar-refractivity contribution in [3.8, 4) is 0 Å². The SMILES string of the molecule is CC[C@H]1Cc2c(F)cc(C(=O)NO)cc2CN1CC12CCC(CC1)C(=O)N2C1CC1. The van der Waals surface area contributed by atoms with E-state index in [1.807, 2.05) is 0 Å². The van der Waals surface area contributed by atoms with Crippen LogP contribution in [0, 0.1) is 11.7 Å². The lowest BCUT2D eigenvalue weighted by Crippen LogP contribution is -2.67. The molecule has 2 amide bonds. The van der Waals surface area contributed by atoms with Crippen LogP contribution in [0.2, 0.25) is 0 Å². The minimum absolute atomic E-state index is 0.101. The Morgan fingerprint density at radius 1 is 1.27 bits per heavy atom. The van der Waals surface area contributed by atoms with Crippen LogP contribution in [0.25, 0.3) is 0 Å². The number of amides is 2. The number of nitrogens with one attached hydrogen (secondary N) is 1. The first-order chi connectivity index (χ1) is 14.5. The first-order valence-corrected chi connectivity index (χ1v) is 11.3. The Balaban J connectivity index is 1.45. The van der Waals surface area contributed by atoms with Crippen molar-refractivity contribution < 1.29 is 19.2 Å². The number of hydrogen-bond acceptors (Lipinski definition) is 4. The summed E-state index contributed by atoms with van der Waals surface area (Å²) in [6.07, 6.45) is 7.83. The molecule has 2 bridgehead atoms. The zero-order chi connectivity index (χ0) is 21.0. The summed E-state index contributed by atoms with van der Waals surface area (Å²) in [6.45, 7) is 3.51. The molecular weight excluding hydrogens is 385 g/mol. The molecule has 0 aromatic heterocycles. The third-order valence-electron chi connectivity index (χ3n) is 7.88. The molecule has 7 heteroatoms. The van der Waals surface area contributed by atoms with Crippen LogP contribution in [0.1, 0.15) is 73.4 Å². The molecule has 1 aromatic carbocycles. The van der Waals surface area contributed by atoms with Crippen LogP contribution >= 0.6 is 0 Å². The lowest BCUT2D eigenvalue weighted by Gasteiger charge is -2.57. The summed E-state index contributed by atoms with van der Waals surface area (Å²) in [5, 5.41) is 8.94. The second-order valence-electron chi connectivity index (χ2n) is 9.65. The summed E-state index contributed by atoms with van der Waals surface area (Å²) < 4.78 is 14.8. The third-order valence-corrected chi connectivity index (χ3v) is 7.88. The van der Waals surface area contributed by atoms with Gasteiger partial charge in [-0.05, 0) is 74.6 Å². The molecule has 6 nitrogen and oxygen atoms in total. The van der Waals surface area contributed by atoms with E-state index in [2.05, 4.69) is 16.7 Å². The number of fused-ring (bicyclic) bond motifs is 4. The minimum atomic E-state index is -0.699. The monoisotopic (exact) mass is 415 g/mol. The number of carbonyl (C=O) groups excluding carboxylic acids is 2. The lowest BCUT2D eigenvalue weighted by molar-refractivity contribution is -0.160. The van der Waals surface area contributed by atoms with Crippen LogP contribution in [-0.4, -0.2) is 51.0 Å². The molecule has 3 aliphatic heterocycles. The maximum absolute atomic E-state index is 14.8. The standard InChI is InChI=1S/C23H30FN3O3/c1-2-17-11-19-16(9-15(10-20(19)24)21(28)25-30)12-26(17)13-23-7-5-14(6-8-23)22(29)27(23)18-3-4-18/h9-10,14,17-18,30H,2-8,11-13H2,1H3,(H,25,28)/t14?,17-,23?/m0/s1. The fraction of sp³-hybridized carbons (Fsp3) is 0.652. The van der Waals surface area contributed by atoms with Gasteiger partial charge in [0, 0.05) is 36.7 Å². The molecule has 4 fully saturated rings. The van der Waals surface area contributed by atoms with Crippen molar-refractivity contribution in [2.75, 3.05) is 6.54 Å². The molecule has 6 rings (SSSR count). The molecule has 1 aromatic rings. The summed E-state index contributed by atoms with van der Waals surface area (Å²) in [5.41, 5.74) is 3.12. The predicted octanol–water partition coefficient (Wildman–Crippen LogP) is 3.02. The minimum Gasteiger partial charge on any atom is -0.333 e. The van der Waals surface area contributed by atoms with Gasteiger partial charge < -0.3 is 4.90 Å². The van der Waals surface area contributed by atoms with Gasteiger partial charge in [-0.3, -0.25) is 19.7 Å². The topological polar surface area (TPSA) is 72.9 Å². The van der Waals surface area contributed by atoms with Gasteiger partial charge in [0.2, 0.25) is 5.91 Å². The average molecular weight is 416 g/mol. The van der Waals surface area contributed by atoms with Crippen molar-refractivity contribution in [1.29, 1.82) is 0 Å². The first-order valence-electron chi connectivity index (χ1n) is 11.3. The van der Waals surface area contributed by atoms with Gasteiger partial charge in [0.05, 0.1) is 5.54 Å². The highest BCUT2D eigenvalue weighted by atomic mass is 19.1. The Labute approximate surface area is 176 Å². The highest BCUT2D eigenvalue weighted by molar-refractivity contribution is 5.93. The molecule has 2 saturated heterocycles. The molecule has 2 saturated carbocycles. The average Bonchev–Trinajstić information content (AvgIpc) is 3.58. The van der Waals surface area contributed by atoms with E-state index in [-0.39, 0.29) is 28.9 Å². The Bertz CT molecular complexity index is 877. The maximum atomic E-state index is 14.8. The number of benzene rings is 1. The van der Waals surface area contributed by atoms with Crippen molar-refractivity contribution in [3.05, 3.63) is 34.6 Å². The Kier molecular flexibility index (Phi) is 4.86. The molecule has 0 unspecified atom stereocenters. The van der Waals surface area contributed by atoms with Crippen LogP contribution in [0.4, 0.5) is 4.39 Å². The summed E-state index contributed by atoms with van der Waals surface area (Å²) >= 11 is 0. The van der Waals surface area contributed by atoms with E-state index >= 15 is 0 Å². The van der Waals surface area contributed by atoms with Gasteiger partial charge in [-0.1, -0.05) is 6.92 Å². The van der Waals surface area contributed by atoms with Crippen molar-refractivity contribution in [3.63, 3.8) is 0 Å². The maximum Gasteiger partial charge on any atom is 0.274 e. The third kappa shape index (κ3) is 3.14. The van der Waals surface area contributed by atoms with Gasteiger partial charge in [-0.15, -0.1) is 0 Å². The first kappa shape index (κ1) is 19.9. The van der Waals surface area contributed by atoms with Gasteiger partial charge in [0.25, 0.3) is 5.91 Å². The van der Waals surface area contributed by atoms with Crippen molar-refractivity contribution in [1.82, 2.24) is 15.3 Å². The normalized spacial score (nSPS) is 31.0. The van der Waals surface area contributed by atoms with Crippen LogP contribution < -0.4 is 5.48 Å². The molecular formula is C23H30FN3O3. The van der Waals surface area contributed by atoms with Gasteiger partial charge in [-0.2, -0.15) is 0 Å². The molecule has 0 radical (unpaired) electrons. The van der Waals surface area contributed by atoms with Crippen molar-refractivity contribution in [2.45, 2.75) is 82.5 Å². The molecule has 2 N–H and O–H groups in total. The van der Waals surface area contributed by atoms with Crippen LogP contribution in [-0.2, 0) is 17.8 Å².